The van der Waals surface area contributed by atoms with Crippen molar-refractivity contribution in [1.29, 1.82) is 0 Å². The van der Waals surface area contributed by atoms with Crippen molar-refractivity contribution in [3.8, 4) is 0 Å². The van der Waals surface area contributed by atoms with Crippen molar-refractivity contribution < 1.29 is 4.79 Å². The molecule has 1 fully saturated rings. The fourth-order valence-electron chi connectivity index (χ4n) is 2.69. The maximum absolute atomic E-state index is 12.4. The van der Waals surface area contributed by atoms with Crippen LogP contribution in [0.1, 0.15) is 29.3 Å². The summed E-state index contributed by atoms with van der Waals surface area (Å²) in [5.41, 5.74) is 2.15. The maximum atomic E-state index is 12.4. The molecule has 1 saturated carbocycles. The van der Waals surface area contributed by atoms with E-state index < -0.39 is 0 Å². The molecule has 0 saturated heterocycles. The van der Waals surface area contributed by atoms with Crippen molar-refractivity contribution in [3.05, 3.63) is 71.8 Å². The topological polar surface area (TPSA) is 17.1 Å². The number of benzene rings is 2. The van der Waals surface area contributed by atoms with Gasteiger partial charge in [-0.2, -0.15) is 0 Å². The summed E-state index contributed by atoms with van der Waals surface area (Å²) in [7, 11) is 0. The lowest BCUT2D eigenvalue weighted by Gasteiger charge is -2.11. The highest BCUT2D eigenvalue weighted by Crippen LogP contribution is 2.55. The van der Waals surface area contributed by atoms with Gasteiger partial charge in [0.15, 0.2) is 5.78 Å². The lowest BCUT2D eigenvalue weighted by atomic mass is 9.92. The first-order valence-corrected chi connectivity index (χ1v) is 6.36. The summed E-state index contributed by atoms with van der Waals surface area (Å²) in [6, 6.07) is 20.0. The third-order valence-corrected chi connectivity index (χ3v) is 4.05. The Labute approximate surface area is 107 Å². The molecule has 18 heavy (non-hydrogen) atoms. The fourth-order valence-corrected chi connectivity index (χ4v) is 2.69. The van der Waals surface area contributed by atoms with Crippen LogP contribution in [-0.4, -0.2) is 5.78 Å². The van der Waals surface area contributed by atoms with Crippen LogP contribution in [0.2, 0.25) is 0 Å². The SMILES string of the molecule is C[C@]1(c2ccccc2)C[C@@H]1C(=O)c1ccccc1. The monoisotopic (exact) mass is 236 g/mol. The molecule has 90 valence electrons. The minimum atomic E-state index is 0.0359. The van der Waals surface area contributed by atoms with Gasteiger partial charge in [0.05, 0.1) is 0 Å². The Morgan fingerprint density at radius 3 is 2.17 bits per heavy atom. The summed E-state index contributed by atoms with van der Waals surface area (Å²) in [6.07, 6.45) is 0.963. The minimum Gasteiger partial charge on any atom is -0.294 e. The number of hydrogen-bond acceptors (Lipinski definition) is 1. The average Bonchev–Trinajstić information content (AvgIpc) is 3.14. The van der Waals surface area contributed by atoms with Gasteiger partial charge in [0.1, 0.15) is 0 Å². The van der Waals surface area contributed by atoms with Gasteiger partial charge in [-0.25, -0.2) is 0 Å². The van der Waals surface area contributed by atoms with Gasteiger partial charge in [0.2, 0.25) is 0 Å². The molecular formula is C17H16O. The number of ketones is 1. The molecule has 0 amide bonds. The third kappa shape index (κ3) is 1.76. The van der Waals surface area contributed by atoms with Crippen molar-refractivity contribution in [2.24, 2.45) is 5.92 Å². The molecule has 0 heterocycles. The Balaban J connectivity index is 1.84. The Hall–Kier alpha value is -1.89. The first kappa shape index (κ1) is 11.2. The zero-order valence-electron chi connectivity index (χ0n) is 10.5. The van der Waals surface area contributed by atoms with E-state index in [1.54, 1.807) is 0 Å². The Bertz CT molecular complexity index is 559. The molecule has 2 aromatic carbocycles. The molecular weight excluding hydrogens is 220 g/mol. The fraction of sp³-hybridized carbons (Fsp3) is 0.235. The highest BCUT2D eigenvalue weighted by Gasteiger charge is 2.55. The summed E-state index contributed by atoms with van der Waals surface area (Å²) < 4.78 is 0. The first-order valence-electron chi connectivity index (χ1n) is 6.36. The molecule has 0 aromatic heterocycles. The van der Waals surface area contributed by atoms with E-state index in [0.29, 0.717) is 0 Å². The molecule has 0 unspecified atom stereocenters. The van der Waals surface area contributed by atoms with Gasteiger partial charge in [-0.3, -0.25) is 4.79 Å². The molecule has 0 aliphatic heterocycles. The van der Waals surface area contributed by atoms with E-state index in [2.05, 4.69) is 19.1 Å². The summed E-state index contributed by atoms with van der Waals surface area (Å²) >= 11 is 0. The second-order valence-electron chi connectivity index (χ2n) is 5.27. The Morgan fingerprint density at radius 2 is 1.56 bits per heavy atom. The van der Waals surface area contributed by atoms with Crippen LogP contribution < -0.4 is 0 Å². The van der Waals surface area contributed by atoms with Crippen molar-refractivity contribution in [1.82, 2.24) is 0 Å². The molecule has 0 radical (unpaired) electrons. The summed E-state index contributed by atoms with van der Waals surface area (Å²) in [5, 5.41) is 0. The lowest BCUT2D eigenvalue weighted by Crippen LogP contribution is -2.12. The number of Topliss-reactive ketones (excluding diaryl/α,β-unsaturated/α-hetero) is 1. The van der Waals surface area contributed by atoms with Gasteiger partial charge in [0.25, 0.3) is 0 Å². The standard InChI is InChI=1S/C17H16O/c1-17(14-10-6-3-7-11-14)12-15(17)16(18)13-8-4-2-5-9-13/h2-11,15H,12H2,1H3/t15-,17-/m1/s1. The van der Waals surface area contributed by atoms with Crippen LogP contribution in [0.4, 0.5) is 0 Å². The second kappa shape index (κ2) is 4.09. The van der Waals surface area contributed by atoms with E-state index in [1.807, 2.05) is 48.5 Å². The van der Waals surface area contributed by atoms with Gasteiger partial charge >= 0.3 is 0 Å². The largest absolute Gasteiger partial charge is 0.294 e. The van der Waals surface area contributed by atoms with Gasteiger partial charge in [-0.1, -0.05) is 67.6 Å². The van der Waals surface area contributed by atoms with Crippen molar-refractivity contribution in [2.75, 3.05) is 0 Å². The van der Waals surface area contributed by atoms with Gasteiger partial charge < -0.3 is 0 Å². The van der Waals surface area contributed by atoms with Gasteiger partial charge in [-0.05, 0) is 12.0 Å². The molecule has 0 spiro atoms. The quantitative estimate of drug-likeness (QED) is 0.740. The Morgan fingerprint density at radius 1 is 1.00 bits per heavy atom. The van der Waals surface area contributed by atoms with Crippen molar-refractivity contribution >= 4 is 5.78 Å². The molecule has 3 rings (SSSR count). The molecule has 2 aromatic rings. The van der Waals surface area contributed by atoms with Crippen LogP contribution in [0.3, 0.4) is 0 Å². The molecule has 1 aliphatic carbocycles. The predicted octanol–water partition coefficient (Wildman–Crippen LogP) is 3.85. The maximum Gasteiger partial charge on any atom is 0.166 e. The average molecular weight is 236 g/mol. The number of carbonyl (C=O) groups excluding carboxylic acids is 1. The first-order chi connectivity index (χ1) is 8.72. The van der Waals surface area contributed by atoms with E-state index in [0.717, 1.165) is 12.0 Å². The van der Waals surface area contributed by atoms with Crippen LogP contribution in [0.5, 0.6) is 0 Å². The molecule has 2 atom stereocenters. The van der Waals surface area contributed by atoms with E-state index in [9.17, 15) is 4.79 Å². The van der Waals surface area contributed by atoms with Crippen LogP contribution in [-0.2, 0) is 5.41 Å². The number of rotatable bonds is 3. The van der Waals surface area contributed by atoms with E-state index in [1.165, 1.54) is 5.56 Å². The minimum absolute atomic E-state index is 0.0359. The van der Waals surface area contributed by atoms with Crippen LogP contribution >= 0.6 is 0 Å². The number of hydrogen-bond donors (Lipinski definition) is 0. The highest BCUT2D eigenvalue weighted by atomic mass is 16.1. The van der Waals surface area contributed by atoms with Crippen LogP contribution in [0, 0.1) is 5.92 Å². The molecule has 0 N–H and O–H groups in total. The molecule has 1 nitrogen and oxygen atoms in total. The lowest BCUT2D eigenvalue weighted by molar-refractivity contribution is 0.0959. The third-order valence-electron chi connectivity index (χ3n) is 4.05. The Kier molecular flexibility index (Phi) is 2.55. The van der Waals surface area contributed by atoms with E-state index in [-0.39, 0.29) is 17.1 Å². The van der Waals surface area contributed by atoms with Crippen LogP contribution in [0.25, 0.3) is 0 Å². The molecule has 0 bridgehead atoms. The zero-order chi connectivity index (χ0) is 12.6. The number of carbonyl (C=O) groups is 1. The highest BCUT2D eigenvalue weighted by molar-refractivity contribution is 6.01. The molecule has 1 aliphatic rings. The summed E-state index contributed by atoms with van der Waals surface area (Å²) in [5.74, 6) is 0.421. The van der Waals surface area contributed by atoms with Crippen LogP contribution in [0.15, 0.2) is 60.7 Å². The summed E-state index contributed by atoms with van der Waals surface area (Å²) in [6.45, 7) is 2.19. The van der Waals surface area contributed by atoms with Gasteiger partial charge in [-0.15, -0.1) is 0 Å². The normalized spacial score (nSPS) is 25.7. The zero-order valence-corrected chi connectivity index (χ0v) is 10.5. The van der Waals surface area contributed by atoms with Crippen molar-refractivity contribution in [2.45, 2.75) is 18.8 Å². The smallest absolute Gasteiger partial charge is 0.166 e. The second-order valence-corrected chi connectivity index (χ2v) is 5.27. The van der Waals surface area contributed by atoms with E-state index in [4.69, 9.17) is 0 Å². The summed E-state index contributed by atoms with van der Waals surface area (Å²) in [4.78, 5) is 12.4. The predicted molar refractivity (Wildman–Crippen MR) is 72.7 cm³/mol. The van der Waals surface area contributed by atoms with Crippen molar-refractivity contribution in [3.63, 3.8) is 0 Å². The van der Waals surface area contributed by atoms with Gasteiger partial charge in [0, 0.05) is 16.9 Å². The van der Waals surface area contributed by atoms with E-state index >= 15 is 0 Å². The molecule has 1 heteroatoms.